The first kappa shape index (κ1) is 23.6. The molecule has 3 fully saturated rings. The highest BCUT2D eigenvalue weighted by Gasteiger charge is 2.31. The maximum atomic E-state index is 12.5. The third-order valence-electron chi connectivity index (χ3n) is 6.02. The van der Waals surface area contributed by atoms with Crippen molar-refractivity contribution in [2.75, 3.05) is 79.6 Å². The molecule has 0 aromatic rings. The van der Waals surface area contributed by atoms with Crippen LogP contribution < -0.4 is 5.32 Å². The minimum atomic E-state index is -0.210. The largest absolute Gasteiger partial charge is 0.368 e. The molecule has 28 heavy (non-hydrogen) atoms. The summed E-state index contributed by atoms with van der Waals surface area (Å²) in [6, 6.07) is 0.484. The van der Waals surface area contributed by atoms with E-state index in [1.165, 1.54) is 0 Å². The smallest absolute Gasteiger partial charge is 0.251 e. The zero-order chi connectivity index (χ0) is 19.2. The molecule has 3 saturated heterocycles. The van der Waals surface area contributed by atoms with Crippen molar-refractivity contribution in [3.63, 3.8) is 0 Å². The molecular weight excluding hydrogens is 471 g/mol. The molecule has 2 unspecified atom stereocenters. The molecule has 162 valence electrons. The van der Waals surface area contributed by atoms with E-state index in [-0.39, 0.29) is 36.0 Å². The third-order valence-corrected chi connectivity index (χ3v) is 6.02. The summed E-state index contributed by atoms with van der Waals surface area (Å²) in [6.45, 7) is 11.6. The summed E-state index contributed by atoms with van der Waals surface area (Å²) in [6.07, 6.45) is 1.66. The van der Waals surface area contributed by atoms with Crippen molar-refractivity contribution in [2.45, 2.75) is 31.9 Å². The van der Waals surface area contributed by atoms with Gasteiger partial charge < -0.3 is 24.8 Å². The second-order valence-electron chi connectivity index (χ2n) is 7.93. The van der Waals surface area contributed by atoms with E-state index in [1.807, 2.05) is 11.9 Å². The lowest BCUT2D eigenvalue weighted by Gasteiger charge is -2.39. The molecule has 2 atom stereocenters. The minimum absolute atomic E-state index is 0. The first-order valence-electron chi connectivity index (χ1n) is 10.4. The van der Waals surface area contributed by atoms with Gasteiger partial charge in [-0.15, -0.1) is 24.0 Å². The summed E-state index contributed by atoms with van der Waals surface area (Å²) in [5, 5.41) is 3.54. The Kier molecular flexibility index (Phi) is 9.72. The lowest BCUT2D eigenvalue weighted by Crippen LogP contribution is -2.57. The topological polar surface area (TPSA) is 63.7 Å². The van der Waals surface area contributed by atoms with Gasteiger partial charge in [-0.2, -0.15) is 0 Å². The number of hydrogen-bond acceptors (Lipinski definition) is 5. The van der Waals surface area contributed by atoms with Crippen LogP contribution in [0, 0.1) is 0 Å². The van der Waals surface area contributed by atoms with Gasteiger partial charge in [-0.3, -0.25) is 14.7 Å². The molecule has 3 aliphatic heterocycles. The molecule has 0 spiro atoms. The molecule has 3 heterocycles. The summed E-state index contributed by atoms with van der Waals surface area (Å²) < 4.78 is 5.54. The Morgan fingerprint density at radius 1 is 1.11 bits per heavy atom. The highest BCUT2D eigenvalue weighted by Crippen LogP contribution is 2.16. The van der Waals surface area contributed by atoms with Crippen molar-refractivity contribution < 1.29 is 9.53 Å². The number of ether oxygens (including phenoxy) is 1. The summed E-state index contributed by atoms with van der Waals surface area (Å²) in [5.74, 6) is 1.11. The van der Waals surface area contributed by atoms with Gasteiger partial charge in [0, 0.05) is 78.6 Å². The van der Waals surface area contributed by atoms with Crippen molar-refractivity contribution in [1.29, 1.82) is 0 Å². The highest BCUT2D eigenvalue weighted by molar-refractivity contribution is 14.0. The highest BCUT2D eigenvalue weighted by atomic mass is 127. The van der Waals surface area contributed by atoms with Crippen LogP contribution in [0.2, 0.25) is 0 Å². The van der Waals surface area contributed by atoms with Crippen LogP contribution >= 0.6 is 24.0 Å². The zero-order valence-electron chi connectivity index (χ0n) is 17.6. The van der Waals surface area contributed by atoms with E-state index >= 15 is 0 Å². The van der Waals surface area contributed by atoms with Gasteiger partial charge in [-0.05, 0) is 26.8 Å². The lowest BCUT2D eigenvalue weighted by atomic mass is 10.2. The van der Waals surface area contributed by atoms with Crippen LogP contribution in [0.4, 0.5) is 0 Å². The number of rotatable bonds is 4. The number of halogens is 1. The number of aliphatic imine (C=N–C) groups is 1. The van der Waals surface area contributed by atoms with Crippen LogP contribution in [0.3, 0.4) is 0 Å². The van der Waals surface area contributed by atoms with Gasteiger partial charge in [0.25, 0.3) is 5.91 Å². The second-order valence-corrected chi connectivity index (χ2v) is 7.93. The van der Waals surface area contributed by atoms with Gasteiger partial charge in [-0.25, -0.2) is 0 Å². The average molecular weight is 508 g/mol. The molecule has 3 rings (SSSR count). The number of nitrogens with one attached hydrogen (secondary N) is 1. The summed E-state index contributed by atoms with van der Waals surface area (Å²) in [5.41, 5.74) is 0. The van der Waals surface area contributed by atoms with Crippen LogP contribution in [0.1, 0.15) is 19.8 Å². The fraction of sp³-hybridized carbons (Fsp3) is 0.895. The van der Waals surface area contributed by atoms with Crippen molar-refractivity contribution in [3.05, 3.63) is 0 Å². The van der Waals surface area contributed by atoms with Gasteiger partial charge in [-0.1, -0.05) is 0 Å². The van der Waals surface area contributed by atoms with Crippen LogP contribution in [0.5, 0.6) is 0 Å². The molecule has 3 aliphatic rings. The average Bonchev–Trinajstić information content (AvgIpc) is 3.23. The van der Waals surface area contributed by atoms with Crippen LogP contribution in [-0.2, 0) is 9.53 Å². The molecule has 8 nitrogen and oxygen atoms in total. The van der Waals surface area contributed by atoms with Gasteiger partial charge in [0.2, 0.25) is 0 Å². The summed E-state index contributed by atoms with van der Waals surface area (Å²) in [7, 11) is 4.03. The molecule has 1 N–H and O–H groups in total. The Labute approximate surface area is 186 Å². The van der Waals surface area contributed by atoms with E-state index in [1.54, 1.807) is 0 Å². The molecule has 0 aromatic carbocycles. The molecule has 0 aliphatic carbocycles. The van der Waals surface area contributed by atoms with E-state index in [2.05, 4.69) is 39.0 Å². The van der Waals surface area contributed by atoms with Crippen molar-refractivity contribution in [2.24, 2.45) is 4.99 Å². The molecule has 0 bridgehead atoms. The van der Waals surface area contributed by atoms with Crippen LogP contribution in [0.25, 0.3) is 0 Å². The fourth-order valence-electron chi connectivity index (χ4n) is 4.08. The molecule has 9 heteroatoms. The molecular formula is C19H37IN6O2. The Hall–Kier alpha value is -0.650. The number of carbonyl (C=O) groups excluding carboxylic acids is 1. The molecule has 0 saturated carbocycles. The Morgan fingerprint density at radius 2 is 1.75 bits per heavy atom. The maximum absolute atomic E-state index is 12.5. The second kappa shape index (κ2) is 11.5. The fourth-order valence-corrected chi connectivity index (χ4v) is 4.08. The van der Waals surface area contributed by atoms with Gasteiger partial charge in [0.1, 0.15) is 6.10 Å². The lowest BCUT2D eigenvalue weighted by molar-refractivity contribution is -0.142. The Balaban J connectivity index is 0.00000280. The Bertz CT molecular complexity index is 513. The minimum Gasteiger partial charge on any atom is -0.368 e. The molecule has 0 aromatic heterocycles. The Morgan fingerprint density at radius 3 is 2.32 bits per heavy atom. The molecule has 1 amide bonds. The number of carbonyl (C=O) groups is 1. The van der Waals surface area contributed by atoms with Gasteiger partial charge in [0.05, 0.1) is 0 Å². The first-order chi connectivity index (χ1) is 13.1. The van der Waals surface area contributed by atoms with E-state index in [4.69, 9.17) is 4.74 Å². The number of likely N-dealkylation sites (N-methyl/N-ethyl adjacent to an activating group) is 1. The SMILES string of the molecule is CN=C(NCC(C)N1CCN(C)CC1)N1CCN(C(=O)C2CCCO2)CC1.I. The van der Waals surface area contributed by atoms with Crippen molar-refractivity contribution in [3.8, 4) is 0 Å². The predicted molar refractivity (Wildman–Crippen MR) is 122 cm³/mol. The number of nitrogens with zero attached hydrogens (tertiary/aromatic N) is 5. The quantitative estimate of drug-likeness (QED) is 0.331. The molecule has 0 radical (unpaired) electrons. The monoisotopic (exact) mass is 508 g/mol. The standard InChI is InChI=1S/C19H36N6O2.HI/c1-16(23-8-6-22(3)7-9-23)15-21-19(20-2)25-12-10-24(11-13-25)18(26)17-5-4-14-27-17;/h16-17H,4-15H2,1-3H3,(H,20,21);1H. The number of amides is 1. The van der Waals surface area contributed by atoms with E-state index in [0.29, 0.717) is 6.04 Å². The van der Waals surface area contributed by atoms with Crippen LogP contribution in [-0.4, -0.2) is 123 Å². The normalized spacial score (nSPS) is 26.1. The zero-order valence-corrected chi connectivity index (χ0v) is 19.9. The van der Waals surface area contributed by atoms with E-state index in [9.17, 15) is 4.79 Å². The van der Waals surface area contributed by atoms with Crippen LogP contribution in [0.15, 0.2) is 4.99 Å². The number of piperazine rings is 2. The summed E-state index contributed by atoms with van der Waals surface area (Å²) in [4.78, 5) is 26.1. The van der Waals surface area contributed by atoms with Crippen molar-refractivity contribution >= 4 is 35.8 Å². The maximum Gasteiger partial charge on any atom is 0.251 e. The van der Waals surface area contributed by atoms with Crippen molar-refractivity contribution in [1.82, 2.24) is 24.9 Å². The first-order valence-corrected chi connectivity index (χ1v) is 10.4. The van der Waals surface area contributed by atoms with E-state index in [0.717, 1.165) is 84.3 Å². The summed E-state index contributed by atoms with van der Waals surface area (Å²) >= 11 is 0. The number of hydrogen-bond donors (Lipinski definition) is 1. The van der Waals surface area contributed by atoms with Gasteiger partial charge in [0.15, 0.2) is 5.96 Å². The van der Waals surface area contributed by atoms with E-state index < -0.39 is 0 Å². The number of guanidine groups is 1. The van der Waals surface area contributed by atoms with Gasteiger partial charge >= 0.3 is 0 Å². The third kappa shape index (κ3) is 6.17. The predicted octanol–water partition coefficient (Wildman–Crippen LogP) is 0.139.